The van der Waals surface area contributed by atoms with Crippen molar-refractivity contribution in [2.45, 2.75) is 19.6 Å². The monoisotopic (exact) mass is 401 g/mol. The van der Waals surface area contributed by atoms with Crippen LogP contribution in [0.3, 0.4) is 0 Å². The molecule has 3 aromatic rings. The molecule has 0 unspecified atom stereocenters. The number of hydrogen-bond acceptors (Lipinski definition) is 5. The van der Waals surface area contributed by atoms with Gasteiger partial charge in [0.15, 0.2) is 11.5 Å². The summed E-state index contributed by atoms with van der Waals surface area (Å²) in [4.78, 5) is 31.7. The molecule has 0 saturated heterocycles. The molecule has 3 heterocycles. The summed E-state index contributed by atoms with van der Waals surface area (Å²) in [6, 6.07) is 14.7. The van der Waals surface area contributed by atoms with E-state index in [2.05, 4.69) is 10.3 Å². The lowest BCUT2D eigenvalue weighted by Crippen LogP contribution is -2.27. The van der Waals surface area contributed by atoms with E-state index < -0.39 is 0 Å². The quantitative estimate of drug-likeness (QED) is 0.711. The molecule has 0 radical (unpaired) electrons. The first-order valence-electron chi connectivity index (χ1n) is 9.66. The number of carbonyl (C=O) groups is 2. The molecule has 7 nitrogen and oxygen atoms in total. The Bertz CT molecular complexity index is 1130. The van der Waals surface area contributed by atoms with E-state index in [9.17, 15) is 9.59 Å². The van der Waals surface area contributed by atoms with Crippen LogP contribution in [0.4, 0.5) is 0 Å². The van der Waals surface area contributed by atoms with Gasteiger partial charge in [-0.3, -0.25) is 14.6 Å². The van der Waals surface area contributed by atoms with Crippen molar-refractivity contribution < 1.29 is 19.1 Å². The molecule has 150 valence electrons. The van der Waals surface area contributed by atoms with Gasteiger partial charge in [-0.15, -0.1) is 0 Å². The first-order valence-corrected chi connectivity index (χ1v) is 9.66. The summed E-state index contributed by atoms with van der Waals surface area (Å²) in [7, 11) is 0. The molecule has 1 aromatic heterocycles. The molecule has 30 heavy (non-hydrogen) atoms. The fraction of sp³-hybridized carbons (Fsp3) is 0.174. The van der Waals surface area contributed by atoms with Crippen LogP contribution in [0.25, 0.3) is 0 Å². The predicted octanol–water partition coefficient (Wildman–Crippen LogP) is 2.90. The molecule has 0 atom stereocenters. The van der Waals surface area contributed by atoms with Crippen molar-refractivity contribution in [3.63, 3.8) is 0 Å². The van der Waals surface area contributed by atoms with Gasteiger partial charge in [-0.25, -0.2) is 0 Å². The van der Waals surface area contributed by atoms with Crippen LogP contribution in [0.15, 0.2) is 60.9 Å². The van der Waals surface area contributed by atoms with Crippen LogP contribution in [-0.2, 0) is 19.6 Å². The SMILES string of the molecule is O=C(NCc1ccc2c(c1)OCO2)c1cccc2c1C(=O)N(Cc1ccncc1)C2. The van der Waals surface area contributed by atoms with Crippen LogP contribution >= 0.6 is 0 Å². The highest BCUT2D eigenvalue weighted by Gasteiger charge is 2.31. The van der Waals surface area contributed by atoms with E-state index in [1.165, 1.54) is 0 Å². The second-order valence-corrected chi connectivity index (χ2v) is 7.23. The van der Waals surface area contributed by atoms with Gasteiger partial charge in [0.2, 0.25) is 6.79 Å². The van der Waals surface area contributed by atoms with E-state index in [1.54, 1.807) is 23.4 Å². The summed E-state index contributed by atoms with van der Waals surface area (Å²) >= 11 is 0. The standard InChI is InChI=1S/C23H19N3O4/c27-22(25-11-16-4-5-19-20(10-16)30-14-29-19)18-3-1-2-17-13-26(23(28)21(17)18)12-15-6-8-24-9-7-15/h1-10H,11-14H2,(H,25,27). The first-order chi connectivity index (χ1) is 14.7. The molecule has 5 rings (SSSR count). The molecular weight excluding hydrogens is 382 g/mol. The fourth-order valence-corrected chi connectivity index (χ4v) is 3.77. The summed E-state index contributed by atoms with van der Waals surface area (Å²) in [5.74, 6) is 0.967. The lowest BCUT2D eigenvalue weighted by atomic mass is 10.0. The number of ether oxygens (including phenoxy) is 2. The molecule has 2 amide bonds. The van der Waals surface area contributed by atoms with Gasteiger partial charge in [0.05, 0.1) is 11.1 Å². The Hall–Kier alpha value is -3.87. The maximum atomic E-state index is 13.0. The third-order valence-corrected chi connectivity index (χ3v) is 5.27. The van der Waals surface area contributed by atoms with Gasteiger partial charge in [0.25, 0.3) is 11.8 Å². The van der Waals surface area contributed by atoms with Gasteiger partial charge in [-0.05, 0) is 47.0 Å². The Morgan fingerprint density at radius 2 is 1.87 bits per heavy atom. The van der Waals surface area contributed by atoms with E-state index in [0.717, 1.165) is 16.7 Å². The number of benzene rings is 2. The van der Waals surface area contributed by atoms with Crippen LogP contribution in [-0.4, -0.2) is 28.5 Å². The highest BCUT2D eigenvalue weighted by atomic mass is 16.7. The van der Waals surface area contributed by atoms with E-state index >= 15 is 0 Å². The molecule has 1 N–H and O–H groups in total. The Labute approximate surface area is 173 Å². The molecule has 0 saturated carbocycles. The first kappa shape index (κ1) is 18.2. The summed E-state index contributed by atoms with van der Waals surface area (Å²) in [6.45, 7) is 1.50. The summed E-state index contributed by atoms with van der Waals surface area (Å²) in [6.07, 6.45) is 3.41. The minimum Gasteiger partial charge on any atom is -0.454 e. The zero-order chi connectivity index (χ0) is 20.5. The number of carbonyl (C=O) groups excluding carboxylic acids is 2. The molecule has 2 aromatic carbocycles. The maximum Gasteiger partial charge on any atom is 0.255 e. The topological polar surface area (TPSA) is 80.8 Å². The summed E-state index contributed by atoms with van der Waals surface area (Å²) in [5.41, 5.74) is 3.64. The summed E-state index contributed by atoms with van der Waals surface area (Å²) < 4.78 is 10.7. The molecule has 0 bridgehead atoms. The third-order valence-electron chi connectivity index (χ3n) is 5.27. The van der Waals surface area contributed by atoms with E-state index in [1.807, 2.05) is 42.5 Å². The Kier molecular flexibility index (Phi) is 4.55. The average Bonchev–Trinajstić information content (AvgIpc) is 3.37. The zero-order valence-electron chi connectivity index (χ0n) is 16.1. The number of hydrogen-bond donors (Lipinski definition) is 1. The minimum absolute atomic E-state index is 0.129. The molecule has 2 aliphatic rings. The van der Waals surface area contributed by atoms with Gasteiger partial charge in [0, 0.05) is 32.0 Å². The summed E-state index contributed by atoms with van der Waals surface area (Å²) in [5, 5.41) is 2.91. The van der Waals surface area contributed by atoms with Crippen LogP contribution < -0.4 is 14.8 Å². The number of nitrogens with one attached hydrogen (secondary N) is 1. The lowest BCUT2D eigenvalue weighted by Gasteiger charge is -2.15. The van der Waals surface area contributed by atoms with Crippen molar-refractivity contribution >= 4 is 11.8 Å². The van der Waals surface area contributed by atoms with E-state index in [-0.39, 0.29) is 18.6 Å². The molecular formula is C23H19N3O4. The van der Waals surface area contributed by atoms with Gasteiger partial charge in [0.1, 0.15) is 0 Å². The normalized spacial score (nSPS) is 14.0. The van der Waals surface area contributed by atoms with Crippen LogP contribution in [0.2, 0.25) is 0 Å². The van der Waals surface area contributed by atoms with Crippen molar-refractivity contribution in [3.8, 4) is 11.5 Å². The number of aromatic nitrogens is 1. The highest BCUT2D eigenvalue weighted by Crippen LogP contribution is 2.32. The Morgan fingerprint density at radius 1 is 1.03 bits per heavy atom. The number of nitrogens with zero attached hydrogens (tertiary/aromatic N) is 2. The van der Waals surface area contributed by atoms with Gasteiger partial charge in [-0.1, -0.05) is 18.2 Å². The van der Waals surface area contributed by atoms with Crippen LogP contribution in [0.1, 0.15) is 37.4 Å². The minimum atomic E-state index is -0.274. The van der Waals surface area contributed by atoms with Crippen molar-refractivity contribution in [3.05, 3.63) is 88.7 Å². The Balaban J connectivity index is 1.31. The van der Waals surface area contributed by atoms with Gasteiger partial charge in [-0.2, -0.15) is 0 Å². The average molecular weight is 401 g/mol. The van der Waals surface area contributed by atoms with Crippen LogP contribution in [0, 0.1) is 0 Å². The molecule has 2 aliphatic heterocycles. The van der Waals surface area contributed by atoms with Gasteiger partial charge < -0.3 is 19.7 Å². The van der Waals surface area contributed by atoms with Crippen molar-refractivity contribution in [1.29, 1.82) is 0 Å². The highest BCUT2D eigenvalue weighted by molar-refractivity contribution is 6.09. The maximum absolute atomic E-state index is 13.0. The van der Waals surface area contributed by atoms with E-state index in [4.69, 9.17) is 9.47 Å². The largest absolute Gasteiger partial charge is 0.454 e. The molecule has 0 aliphatic carbocycles. The molecule has 0 spiro atoms. The van der Waals surface area contributed by atoms with Crippen molar-refractivity contribution in [2.75, 3.05) is 6.79 Å². The fourth-order valence-electron chi connectivity index (χ4n) is 3.77. The van der Waals surface area contributed by atoms with Gasteiger partial charge >= 0.3 is 0 Å². The van der Waals surface area contributed by atoms with Crippen molar-refractivity contribution in [2.24, 2.45) is 0 Å². The second kappa shape index (κ2) is 7.51. The second-order valence-electron chi connectivity index (χ2n) is 7.23. The third kappa shape index (κ3) is 3.34. The number of fused-ring (bicyclic) bond motifs is 2. The number of rotatable bonds is 5. The predicted molar refractivity (Wildman–Crippen MR) is 108 cm³/mol. The lowest BCUT2D eigenvalue weighted by molar-refractivity contribution is 0.0761. The van der Waals surface area contributed by atoms with Crippen LogP contribution in [0.5, 0.6) is 11.5 Å². The van der Waals surface area contributed by atoms with E-state index in [0.29, 0.717) is 42.3 Å². The number of pyridine rings is 1. The number of amides is 2. The molecule has 7 heteroatoms. The molecule has 0 fully saturated rings. The van der Waals surface area contributed by atoms with Crippen molar-refractivity contribution in [1.82, 2.24) is 15.2 Å². The Morgan fingerprint density at radius 3 is 2.73 bits per heavy atom. The smallest absolute Gasteiger partial charge is 0.255 e. The zero-order valence-corrected chi connectivity index (χ0v) is 16.1.